The molecular formula is C15H20N2O2. The van der Waals surface area contributed by atoms with Gasteiger partial charge in [0, 0.05) is 12.6 Å². The molecule has 0 aliphatic carbocycles. The van der Waals surface area contributed by atoms with Crippen LogP contribution in [0.15, 0.2) is 34.9 Å². The SMILES string of the molecule is CCCOc1cccc(CNCc2cc(C)no2)c1. The fourth-order valence-corrected chi connectivity index (χ4v) is 1.79. The summed E-state index contributed by atoms with van der Waals surface area (Å²) in [5, 5.41) is 7.18. The third kappa shape index (κ3) is 4.41. The van der Waals surface area contributed by atoms with Crippen LogP contribution in [-0.4, -0.2) is 11.8 Å². The third-order valence-electron chi connectivity index (χ3n) is 2.68. The predicted octanol–water partition coefficient (Wildman–Crippen LogP) is 3.06. The minimum Gasteiger partial charge on any atom is -0.494 e. The number of ether oxygens (including phenoxy) is 1. The smallest absolute Gasteiger partial charge is 0.150 e. The Morgan fingerprint density at radius 1 is 1.26 bits per heavy atom. The number of aromatic nitrogens is 1. The van der Waals surface area contributed by atoms with Crippen molar-refractivity contribution in [2.24, 2.45) is 0 Å². The van der Waals surface area contributed by atoms with Gasteiger partial charge in [0.2, 0.25) is 0 Å². The molecule has 2 rings (SSSR count). The molecule has 0 bridgehead atoms. The standard InChI is InChI=1S/C15H20N2O2/c1-3-7-18-14-6-4-5-13(9-14)10-16-11-15-8-12(2)17-19-15/h4-6,8-9,16H,3,7,10-11H2,1-2H3. The molecule has 1 heterocycles. The Hall–Kier alpha value is -1.81. The predicted molar refractivity (Wildman–Crippen MR) is 74.0 cm³/mol. The third-order valence-corrected chi connectivity index (χ3v) is 2.68. The van der Waals surface area contributed by atoms with E-state index in [-0.39, 0.29) is 0 Å². The lowest BCUT2D eigenvalue weighted by Crippen LogP contribution is -2.12. The molecule has 0 saturated carbocycles. The lowest BCUT2D eigenvalue weighted by molar-refractivity contribution is 0.317. The fourth-order valence-electron chi connectivity index (χ4n) is 1.79. The zero-order valence-electron chi connectivity index (χ0n) is 11.5. The van der Waals surface area contributed by atoms with E-state index in [1.165, 1.54) is 5.56 Å². The van der Waals surface area contributed by atoms with Crippen LogP contribution in [-0.2, 0) is 13.1 Å². The number of benzene rings is 1. The average Bonchev–Trinajstić information content (AvgIpc) is 2.83. The normalized spacial score (nSPS) is 10.6. The first-order valence-electron chi connectivity index (χ1n) is 6.62. The highest BCUT2D eigenvalue weighted by Crippen LogP contribution is 2.13. The van der Waals surface area contributed by atoms with Crippen molar-refractivity contribution in [2.75, 3.05) is 6.61 Å². The van der Waals surface area contributed by atoms with E-state index >= 15 is 0 Å². The van der Waals surface area contributed by atoms with Gasteiger partial charge in [0.05, 0.1) is 18.8 Å². The summed E-state index contributed by atoms with van der Waals surface area (Å²) in [6.45, 7) is 6.24. The van der Waals surface area contributed by atoms with Crippen LogP contribution in [0.4, 0.5) is 0 Å². The Bertz CT molecular complexity index is 508. The van der Waals surface area contributed by atoms with Crippen molar-refractivity contribution in [2.45, 2.75) is 33.4 Å². The van der Waals surface area contributed by atoms with Crippen molar-refractivity contribution in [1.82, 2.24) is 10.5 Å². The zero-order valence-corrected chi connectivity index (χ0v) is 11.5. The van der Waals surface area contributed by atoms with E-state index in [0.717, 1.165) is 36.8 Å². The minimum absolute atomic E-state index is 0.681. The van der Waals surface area contributed by atoms with E-state index in [9.17, 15) is 0 Å². The van der Waals surface area contributed by atoms with Gasteiger partial charge in [0.1, 0.15) is 5.75 Å². The van der Waals surface area contributed by atoms with Crippen molar-refractivity contribution in [3.63, 3.8) is 0 Å². The monoisotopic (exact) mass is 260 g/mol. The molecule has 2 aromatic rings. The minimum atomic E-state index is 0.681. The number of rotatable bonds is 7. The quantitative estimate of drug-likeness (QED) is 0.831. The van der Waals surface area contributed by atoms with Gasteiger partial charge < -0.3 is 14.6 Å². The summed E-state index contributed by atoms with van der Waals surface area (Å²) in [5.41, 5.74) is 2.11. The van der Waals surface area contributed by atoms with Gasteiger partial charge in [-0.15, -0.1) is 0 Å². The van der Waals surface area contributed by atoms with Crippen LogP contribution in [0, 0.1) is 6.92 Å². The van der Waals surface area contributed by atoms with Crippen molar-refractivity contribution in [3.05, 3.63) is 47.3 Å². The summed E-state index contributed by atoms with van der Waals surface area (Å²) in [6, 6.07) is 10.1. The average molecular weight is 260 g/mol. The van der Waals surface area contributed by atoms with Gasteiger partial charge in [-0.25, -0.2) is 0 Å². The van der Waals surface area contributed by atoms with Crippen LogP contribution in [0.3, 0.4) is 0 Å². The molecule has 0 aliphatic heterocycles. The maximum absolute atomic E-state index is 5.61. The van der Waals surface area contributed by atoms with E-state index in [4.69, 9.17) is 9.26 Å². The molecule has 0 radical (unpaired) electrons. The molecule has 102 valence electrons. The van der Waals surface area contributed by atoms with Crippen LogP contribution in [0.25, 0.3) is 0 Å². The van der Waals surface area contributed by atoms with Gasteiger partial charge in [-0.05, 0) is 31.0 Å². The Labute approximate surface area is 113 Å². The van der Waals surface area contributed by atoms with Gasteiger partial charge in [-0.2, -0.15) is 0 Å². The summed E-state index contributed by atoms with van der Waals surface area (Å²) in [5.74, 6) is 1.78. The molecule has 1 N–H and O–H groups in total. The van der Waals surface area contributed by atoms with E-state index in [1.807, 2.05) is 25.1 Å². The first-order valence-corrected chi connectivity index (χ1v) is 6.62. The molecule has 19 heavy (non-hydrogen) atoms. The molecule has 0 saturated heterocycles. The van der Waals surface area contributed by atoms with Gasteiger partial charge in [0.25, 0.3) is 0 Å². The van der Waals surface area contributed by atoms with Gasteiger partial charge in [0.15, 0.2) is 5.76 Å². The topological polar surface area (TPSA) is 47.3 Å². The molecule has 4 heteroatoms. The Balaban J connectivity index is 1.82. The van der Waals surface area contributed by atoms with Crippen LogP contribution < -0.4 is 10.1 Å². The molecular weight excluding hydrogens is 240 g/mol. The fraction of sp³-hybridized carbons (Fsp3) is 0.400. The zero-order chi connectivity index (χ0) is 13.5. The molecule has 0 amide bonds. The molecule has 0 fully saturated rings. The number of nitrogens with zero attached hydrogens (tertiary/aromatic N) is 1. The molecule has 0 spiro atoms. The highest BCUT2D eigenvalue weighted by atomic mass is 16.5. The summed E-state index contributed by atoms with van der Waals surface area (Å²) in [7, 11) is 0. The van der Waals surface area contributed by atoms with Crippen LogP contribution >= 0.6 is 0 Å². The van der Waals surface area contributed by atoms with Gasteiger partial charge in [-0.1, -0.05) is 24.2 Å². The molecule has 1 aromatic carbocycles. The van der Waals surface area contributed by atoms with E-state index in [0.29, 0.717) is 6.54 Å². The number of hydrogen-bond donors (Lipinski definition) is 1. The Kier molecular flexibility index (Phi) is 4.98. The van der Waals surface area contributed by atoms with Crippen molar-refractivity contribution in [3.8, 4) is 5.75 Å². The molecule has 0 unspecified atom stereocenters. The van der Waals surface area contributed by atoms with Crippen LogP contribution in [0.2, 0.25) is 0 Å². The molecule has 4 nitrogen and oxygen atoms in total. The van der Waals surface area contributed by atoms with Crippen molar-refractivity contribution in [1.29, 1.82) is 0 Å². The molecule has 0 aliphatic rings. The summed E-state index contributed by atoms with van der Waals surface area (Å²) >= 11 is 0. The highest BCUT2D eigenvalue weighted by molar-refractivity contribution is 5.28. The summed E-state index contributed by atoms with van der Waals surface area (Å²) in [4.78, 5) is 0. The second-order valence-electron chi connectivity index (χ2n) is 4.53. The van der Waals surface area contributed by atoms with E-state index in [2.05, 4.69) is 29.5 Å². The number of nitrogens with one attached hydrogen (secondary N) is 1. The van der Waals surface area contributed by atoms with Crippen LogP contribution in [0.5, 0.6) is 5.75 Å². The van der Waals surface area contributed by atoms with E-state index < -0.39 is 0 Å². The van der Waals surface area contributed by atoms with Crippen molar-refractivity contribution < 1.29 is 9.26 Å². The summed E-state index contributed by atoms with van der Waals surface area (Å²) in [6.07, 6.45) is 1.02. The van der Waals surface area contributed by atoms with Crippen molar-refractivity contribution >= 4 is 0 Å². The lowest BCUT2D eigenvalue weighted by atomic mass is 10.2. The molecule has 1 aromatic heterocycles. The first-order chi connectivity index (χ1) is 9.28. The maximum Gasteiger partial charge on any atom is 0.150 e. The Morgan fingerprint density at radius 3 is 2.89 bits per heavy atom. The van der Waals surface area contributed by atoms with Gasteiger partial charge >= 0.3 is 0 Å². The number of hydrogen-bond acceptors (Lipinski definition) is 4. The largest absolute Gasteiger partial charge is 0.494 e. The first kappa shape index (κ1) is 13.6. The highest BCUT2D eigenvalue weighted by Gasteiger charge is 2.01. The maximum atomic E-state index is 5.61. The summed E-state index contributed by atoms with van der Waals surface area (Å²) < 4.78 is 10.7. The Morgan fingerprint density at radius 2 is 2.16 bits per heavy atom. The van der Waals surface area contributed by atoms with Crippen LogP contribution in [0.1, 0.15) is 30.4 Å². The second kappa shape index (κ2) is 6.95. The molecule has 0 atom stereocenters. The van der Waals surface area contributed by atoms with Gasteiger partial charge in [-0.3, -0.25) is 0 Å². The second-order valence-corrected chi connectivity index (χ2v) is 4.53. The lowest BCUT2D eigenvalue weighted by Gasteiger charge is -2.07. The number of aryl methyl sites for hydroxylation is 1. The van der Waals surface area contributed by atoms with E-state index in [1.54, 1.807) is 0 Å².